The molecule has 3 atom stereocenters. The number of nitrogens with zero attached hydrogens (tertiary/aromatic N) is 4. The zero-order valence-corrected chi connectivity index (χ0v) is 29.6. The number of rotatable bonds is 9. The Labute approximate surface area is 302 Å². The van der Waals surface area contributed by atoms with Gasteiger partial charge in [-0.15, -0.1) is 11.6 Å². The van der Waals surface area contributed by atoms with E-state index < -0.39 is 17.9 Å². The lowest BCUT2D eigenvalue weighted by Crippen LogP contribution is -2.47. The van der Waals surface area contributed by atoms with E-state index >= 15 is 0 Å². The molecule has 1 fully saturated rings. The van der Waals surface area contributed by atoms with E-state index in [9.17, 15) is 14.7 Å². The number of aliphatic hydroxyl groups excluding tert-OH is 1. The number of morpholine rings is 1. The highest BCUT2D eigenvalue weighted by Gasteiger charge is 2.31. The molecule has 4 N–H and O–H groups in total. The van der Waals surface area contributed by atoms with E-state index in [-0.39, 0.29) is 24.5 Å². The Balaban J connectivity index is 1.19. The number of halogens is 2. The van der Waals surface area contributed by atoms with Gasteiger partial charge in [0.25, 0.3) is 0 Å². The van der Waals surface area contributed by atoms with Gasteiger partial charge in [-0.25, -0.2) is 0 Å². The fraction of sp³-hybridized carbons (Fsp3) is 0.395. The van der Waals surface area contributed by atoms with Crippen LogP contribution in [0.1, 0.15) is 41.3 Å². The van der Waals surface area contributed by atoms with E-state index in [4.69, 9.17) is 38.8 Å². The summed E-state index contributed by atoms with van der Waals surface area (Å²) < 4.78 is 7.38. The fourth-order valence-electron chi connectivity index (χ4n) is 6.50. The summed E-state index contributed by atoms with van der Waals surface area (Å²) in [7, 11) is 0. The molecule has 10 nitrogen and oxygen atoms in total. The minimum absolute atomic E-state index is 0.0844. The van der Waals surface area contributed by atoms with Crippen LogP contribution < -0.4 is 11.1 Å². The third-order valence-electron chi connectivity index (χ3n) is 9.28. The molecule has 0 saturated carbocycles. The molecule has 0 spiro atoms. The zero-order chi connectivity index (χ0) is 35.2. The number of hydrogen-bond acceptors (Lipinski definition) is 7. The molecule has 2 aromatic carbocycles. The maximum Gasteiger partial charge on any atom is 0.311 e. The van der Waals surface area contributed by atoms with Crippen molar-refractivity contribution in [1.82, 2.24) is 24.9 Å². The van der Waals surface area contributed by atoms with Crippen LogP contribution in [0.2, 0.25) is 5.02 Å². The number of hydrogen-bond donors (Lipinski definition) is 3. The molecule has 12 heteroatoms. The molecule has 1 aromatic heterocycles. The van der Waals surface area contributed by atoms with E-state index in [2.05, 4.69) is 53.3 Å². The molecule has 1 unspecified atom stereocenters. The minimum Gasteiger partial charge on any atom is -0.390 e. The van der Waals surface area contributed by atoms with Gasteiger partial charge < -0.3 is 25.8 Å². The summed E-state index contributed by atoms with van der Waals surface area (Å²) in [4.78, 5) is 28.0. The van der Waals surface area contributed by atoms with Crippen molar-refractivity contribution in [3.63, 3.8) is 0 Å². The van der Waals surface area contributed by atoms with Crippen LogP contribution in [0.3, 0.4) is 0 Å². The summed E-state index contributed by atoms with van der Waals surface area (Å²) in [6.07, 6.45) is 6.93. The molecule has 50 heavy (non-hydrogen) atoms. The van der Waals surface area contributed by atoms with Crippen molar-refractivity contribution in [3.05, 3.63) is 99.2 Å². The average Bonchev–Trinajstić information content (AvgIpc) is 3.47. The van der Waals surface area contributed by atoms with Gasteiger partial charge in [0.15, 0.2) is 0 Å². The van der Waals surface area contributed by atoms with Crippen molar-refractivity contribution < 1.29 is 19.4 Å². The van der Waals surface area contributed by atoms with Crippen molar-refractivity contribution in [2.75, 3.05) is 39.4 Å². The standard InChI is InChI=1S/C38H42Cl2N6O4/c1-25-24-50-17-16-44(25)21-32(47)22-46-35-14-15-45(38(49)37(41)48)23-33(35)36(43-46)30-10-13-34(40)29(18-30)9-6-26-2-4-27(5-3-26)19-42-20-28-7-11-31(39)12-8-28/h2-5,7-8,10-11,13,18,25,31-32,42,47H,12,14-17,19-24H2,1H3,(H2,41,48)/t25-,31?,32-/m0/s1. The Morgan fingerprint density at radius 2 is 1.96 bits per heavy atom. The molecule has 1 aliphatic carbocycles. The Bertz CT molecular complexity index is 1840. The molecule has 3 aliphatic rings. The smallest absolute Gasteiger partial charge is 0.311 e. The third kappa shape index (κ3) is 8.85. The Morgan fingerprint density at radius 3 is 2.70 bits per heavy atom. The Kier molecular flexibility index (Phi) is 11.7. The van der Waals surface area contributed by atoms with Crippen LogP contribution in [0.4, 0.5) is 0 Å². The first-order valence-corrected chi connectivity index (χ1v) is 17.8. The number of amides is 2. The number of primary amides is 1. The Hall–Kier alpha value is -3.95. The van der Waals surface area contributed by atoms with Crippen molar-refractivity contribution >= 4 is 35.0 Å². The van der Waals surface area contributed by atoms with Crippen LogP contribution in [-0.2, 0) is 40.4 Å². The van der Waals surface area contributed by atoms with Crippen LogP contribution in [0.5, 0.6) is 0 Å². The number of fused-ring (bicyclic) bond motifs is 1. The summed E-state index contributed by atoms with van der Waals surface area (Å²) in [5.41, 5.74) is 12.4. The van der Waals surface area contributed by atoms with E-state index in [1.807, 2.05) is 35.0 Å². The van der Waals surface area contributed by atoms with Crippen molar-refractivity contribution in [2.24, 2.45) is 5.73 Å². The highest BCUT2D eigenvalue weighted by Crippen LogP contribution is 2.32. The summed E-state index contributed by atoms with van der Waals surface area (Å²) in [5, 5.41) is 20.1. The number of β-amino-alcohol motifs (C(OH)–C–C–N with tert-alkyl or cyclic N) is 1. The van der Waals surface area contributed by atoms with E-state index in [0.29, 0.717) is 49.0 Å². The summed E-state index contributed by atoms with van der Waals surface area (Å²) in [6, 6.07) is 13.9. The first-order valence-electron chi connectivity index (χ1n) is 16.9. The van der Waals surface area contributed by atoms with Gasteiger partial charge in [-0.05, 0) is 48.7 Å². The lowest BCUT2D eigenvalue weighted by molar-refractivity contribution is -0.144. The van der Waals surface area contributed by atoms with Crippen LogP contribution in [0, 0.1) is 11.8 Å². The maximum absolute atomic E-state index is 12.6. The quantitative estimate of drug-likeness (QED) is 0.176. The molecule has 1 saturated heterocycles. The molecular weight excluding hydrogens is 675 g/mol. The molecule has 262 valence electrons. The molecule has 3 heterocycles. The van der Waals surface area contributed by atoms with Gasteiger partial charge in [0.2, 0.25) is 0 Å². The predicted octanol–water partition coefficient (Wildman–Crippen LogP) is 3.64. The normalized spacial score (nSPS) is 19.7. The number of alkyl halides is 1. The molecular formula is C38H42Cl2N6O4. The number of nitrogens with one attached hydrogen (secondary N) is 1. The molecule has 3 aromatic rings. The topological polar surface area (TPSA) is 126 Å². The van der Waals surface area contributed by atoms with Gasteiger partial charge in [-0.3, -0.25) is 19.2 Å². The van der Waals surface area contributed by atoms with Crippen LogP contribution in [0.25, 0.3) is 11.3 Å². The summed E-state index contributed by atoms with van der Waals surface area (Å²) in [6.45, 7) is 6.91. The fourth-order valence-corrected chi connectivity index (χ4v) is 6.82. The second kappa shape index (κ2) is 16.4. The van der Waals surface area contributed by atoms with Gasteiger partial charge in [0.1, 0.15) is 0 Å². The SMILES string of the molecule is C[C@H]1COCCN1C[C@H](O)Cn1nc(-c2ccc(Cl)c(C#Cc3ccc(CNCC4=CCC(Cl)C=C4)cc3)c2)c2c1CCN(C(=O)C(N)=O)C2. The average molecular weight is 718 g/mol. The van der Waals surface area contributed by atoms with Crippen molar-refractivity contribution in [2.45, 2.75) is 56.9 Å². The summed E-state index contributed by atoms with van der Waals surface area (Å²) in [5.74, 6) is 4.72. The molecule has 2 aliphatic heterocycles. The molecule has 2 amide bonds. The van der Waals surface area contributed by atoms with Gasteiger partial charge in [-0.2, -0.15) is 5.10 Å². The van der Waals surface area contributed by atoms with Crippen molar-refractivity contribution in [1.29, 1.82) is 0 Å². The summed E-state index contributed by atoms with van der Waals surface area (Å²) >= 11 is 12.7. The first-order chi connectivity index (χ1) is 24.1. The number of benzene rings is 2. The van der Waals surface area contributed by atoms with E-state index in [1.54, 1.807) is 6.07 Å². The first kappa shape index (κ1) is 35.9. The second-order valence-electron chi connectivity index (χ2n) is 13.0. The number of nitrogens with two attached hydrogens (primary N) is 1. The van der Waals surface area contributed by atoms with Crippen LogP contribution in [0.15, 0.2) is 66.3 Å². The zero-order valence-electron chi connectivity index (χ0n) is 28.1. The van der Waals surface area contributed by atoms with E-state index in [0.717, 1.165) is 54.0 Å². The largest absolute Gasteiger partial charge is 0.390 e. The molecule has 0 radical (unpaired) electrons. The van der Waals surface area contributed by atoms with Gasteiger partial charge in [-0.1, -0.05) is 59.9 Å². The highest BCUT2D eigenvalue weighted by atomic mass is 35.5. The molecule has 6 rings (SSSR count). The highest BCUT2D eigenvalue weighted by molar-refractivity contribution is 6.34. The van der Waals surface area contributed by atoms with Crippen molar-refractivity contribution in [3.8, 4) is 23.1 Å². The predicted molar refractivity (Wildman–Crippen MR) is 194 cm³/mol. The van der Waals surface area contributed by atoms with Gasteiger partial charge in [0.05, 0.1) is 48.5 Å². The lowest BCUT2D eigenvalue weighted by Gasteiger charge is -2.34. The van der Waals surface area contributed by atoms with Gasteiger partial charge >= 0.3 is 11.8 Å². The number of aromatic nitrogens is 2. The Morgan fingerprint density at radius 1 is 1.14 bits per heavy atom. The van der Waals surface area contributed by atoms with E-state index in [1.165, 1.54) is 10.5 Å². The second-order valence-corrected chi connectivity index (χ2v) is 14.0. The monoisotopic (exact) mass is 716 g/mol. The number of carbonyl (C=O) groups excluding carboxylic acids is 2. The number of carbonyl (C=O) groups is 2. The minimum atomic E-state index is -0.995. The van der Waals surface area contributed by atoms with Crippen LogP contribution >= 0.6 is 23.2 Å². The number of ether oxygens (including phenoxy) is 1. The van der Waals surface area contributed by atoms with Gasteiger partial charge in [0, 0.05) is 73.1 Å². The number of aliphatic hydroxyl groups is 1. The lowest BCUT2D eigenvalue weighted by atomic mass is 9.99. The maximum atomic E-state index is 12.6. The van der Waals surface area contributed by atoms with Crippen LogP contribution in [-0.4, -0.2) is 93.4 Å². The third-order valence-corrected chi connectivity index (χ3v) is 9.94. The molecule has 0 bridgehead atoms. The number of allylic oxidation sites excluding steroid dienone is 2.